The molecule has 1 atom stereocenters. The number of aryl methyl sites for hydroxylation is 1. The van der Waals surface area contributed by atoms with Crippen LogP contribution in [0.1, 0.15) is 39.2 Å². The predicted molar refractivity (Wildman–Crippen MR) is 103 cm³/mol. The number of hydrogen-bond donors (Lipinski definition) is 0. The van der Waals surface area contributed by atoms with E-state index in [2.05, 4.69) is 15.9 Å². The Kier molecular flexibility index (Phi) is 6.20. The lowest BCUT2D eigenvalue weighted by molar-refractivity contribution is -0.130. The van der Waals surface area contributed by atoms with Gasteiger partial charge in [-0.15, -0.1) is 0 Å². The minimum absolute atomic E-state index is 0.0125. The highest BCUT2D eigenvalue weighted by Gasteiger charge is 2.41. The maximum absolute atomic E-state index is 12.5. The average Bonchev–Trinajstić information content (AvgIpc) is 3.02. The zero-order chi connectivity index (χ0) is 18.8. The van der Waals surface area contributed by atoms with Gasteiger partial charge in [0.1, 0.15) is 5.75 Å². The number of methoxy groups -OCH3 is 1. The molecule has 5 nitrogen and oxygen atoms in total. The third-order valence-electron chi connectivity index (χ3n) is 4.63. The highest BCUT2D eigenvalue weighted by molar-refractivity contribution is 9.10. The predicted octanol–water partition coefficient (Wildman–Crippen LogP) is 3.20. The lowest BCUT2D eigenvalue weighted by atomic mass is 10.1. The van der Waals surface area contributed by atoms with E-state index >= 15 is 0 Å². The lowest BCUT2D eigenvalue weighted by Gasteiger charge is -2.24. The first kappa shape index (κ1) is 20.2. The first-order chi connectivity index (χ1) is 11.6. The lowest BCUT2D eigenvalue weighted by Crippen LogP contribution is -2.39. The molecular weight excluding hydrogens is 406 g/mol. The first-order valence-corrected chi connectivity index (χ1v) is 10.7. The Balaban J connectivity index is 1.94. The van der Waals surface area contributed by atoms with Crippen molar-refractivity contribution in [3.05, 3.63) is 28.2 Å². The summed E-state index contributed by atoms with van der Waals surface area (Å²) in [5.74, 6) is 0.767. The van der Waals surface area contributed by atoms with Gasteiger partial charge in [0.15, 0.2) is 9.84 Å². The van der Waals surface area contributed by atoms with E-state index in [9.17, 15) is 13.2 Å². The van der Waals surface area contributed by atoms with Gasteiger partial charge in [0.05, 0.1) is 21.6 Å². The topological polar surface area (TPSA) is 63.7 Å². The number of carbonyl (C=O) groups is 1. The zero-order valence-electron chi connectivity index (χ0n) is 15.2. The molecule has 0 spiro atoms. The summed E-state index contributed by atoms with van der Waals surface area (Å²) in [5, 5.41) is -0.452. The first-order valence-electron chi connectivity index (χ1n) is 8.40. The molecule has 1 amide bonds. The maximum Gasteiger partial charge on any atom is 0.222 e. The van der Waals surface area contributed by atoms with E-state index in [1.807, 2.05) is 18.2 Å². The van der Waals surface area contributed by atoms with Crippen LogP contribution in [0.2, 0.25) is 0 Å². The third kappa shape index (κ3) is 4.56. The Labute approximate surface area is 158 Å². The molecule has 0 unspecified atom stereocenters. The summed E-state index contributed by atoms with van der Waals surface area (Å²) in [7, 11) is -1.63. The van der Waals surface area contributed by atoms with Crippen molar-refractivity contribution in [2.75, 3.05) is 20.2 Å². The second kappa shape index (κ2) is 7.66. The van der Waals surface area contributed by atoms with E-state index in [-0.39, 0.29) is 5.91 Å². The second-order valence-electron chi connectivity index (χ2n) is 7.38. The smallest absolute Gasteiger partial charge is 0.222 e. The van der Waals surface area contributed by atoms with Gasteiger partial charge in [0, 0.05) is 19.5 Å². The Morgan fingerprint density at radius 2 is 2.04 bits per heavy atom. The largest absolute Gasteiger partial charge is 0.496 e. The Morgan fingerprint density at radius 1 is 1.36 bits per heavy atom. The van der Waals surface area contributed by atoms with Crippen molar-refractivity contribution in [3.8, 4) is 5.75 Å². The van der Waals surface area contributed by atoms with Gasteiger partial charge in [0.25, 0.3) is 0 Å². The fourth-order valence-corrected chi connectivity index (χ4v) is 5.36. The minimum atomic E-state index is -3.24. The summed E-state index contributed by atoms with van der Waals surface area (Å²) < 4.78 is 30.4. The zero-order valence-corrected chi connectivity index (χ0v) is 17.6. The number of ether oxygens (including phenoxy) is 1. The van der Waals surface area contributed by atoms with Crippen molar-refractivity contribution in [1.82, 2.24) is 4.90 Å². The van der Waals surface area contributed by atoms with E-state index in [1.165, 1.54) is 0 Å². The summed E-state index contributed by atoms with van der Waals surface area (Å²) in [4.78, 5) is 14.1. The molecule has 0 bridgehead atoms. The molecule has 1 heterocycles. The molecule has 140 valence electrons. The number of sulfone groups is 1. The van der Waals surface area contributed by atoms with Crippen molar-refractivity contribution in [2.45, 2.75) is 50.0 Å². The number of carbonyl (C=O) groups excluding carboxylic acids is 1. The van der Waals surface area contributed by atoms with Crippen LogP contribution in [0.3, 0.4) is 0 Å². The van der Waals surface area contributed by atoms with E-state index < -0.39 is 19.8 Å². The van der Waals surface area contributed by atoms with Crippen LogP contribution in [0.25, 0.3) is 0 Å². The van der Waals surface area contributed by atoms with Crippen molar-refractivity contribution >= 4 is 31.7 Å². The normalized spacial score (nSPS) is 18.4. The van der Waals surface area contributed by atoms with Gasteiger partial charge in [-0.1, -0.05) is 6.07 Å². The number of halogens is 1. The molecule has 0 radical (unpaired) electrons. The van der Waals surface area contributed by atoms with Gasteiger partial charge in [-0.25, -0.2) is 8.42 Å². The Hall–Kier alpha value is -1.08. The number of amides is 1. The van der Waals surface area contributed by atoms with Crippen molar-refractivity contribution in [1.29, 1.82) is 0 Å². The average molecular weight is 432 g/mol. The molecule has 1 fully saturated rings. The van der Waals surface area contributed by atoms with Gasteiger partial charge in [-0.05, 0) is 67.2 Å². The fraction of sp³-hybridized carbons (Fsp3) is 0.611. The SMILES string of the molecule is COc1ccc(CCC(=O)N2CC[C@@H](S(=O)(=O)C(C)(C)C)C2)cc1Br. The molecule has 0 N–H and O–H groups in total. The standard InChI is InChI=1S/C18H26BrNO4S/c1-18(2,3)25(22,23)14-9-10-20(12-14)17(21)8-6-13-5-7-16(24-4)15(19)11-13/h5,7,11,14H,6,8-10,12H2,1-4H3/t14-/m1/s1. The number of rotatable bonds is 5. The van der Waals surface area contributed by atoms with E-state index in [1.54, 1.807) is 32.8 Å². The van der Waals surface area contributed by atoms with Crippen LogP contribution < -0.4 is 4.74 Å². The molecule has 0 aromatic heterocycles. The summed E-state index contributed by atoms with van der Waals surface area (Å²) >= 11 is 3.44. The van der Waals surface area contributed by atoms with E-state index in [0.717, 1.165) is 15.8 Å². The number of benzene rings is 1. The molecule has 7 heteroatoms. The van der Waals surface area contributed by atoms with E-state index in [0.29, 0.717) is 32.4 Å². The van der Waals surface area contributed by atoms with Gasteiger partial charge >= 0.3 is 0 Å². The highest BCUT2D eigenvalue weighted by Crippen LogP contribution is 2.28. The van der Waals surface area contributed by atoms with Crippen LogP contribution in [0.4, 0.5) is 0 Å². The van der Waals surface area contributed by atoms with Crippen LogP contribution in [-0.2, 0) is 21.1 Å². The molecule has 1 saturated heterocycles. The highest BCUT2D eigenvalue weighted by atomic mass is 79.9. The van der Waals surface area contributed by atoms with Gasteiger partial charge in [-0.2, -0.15) is 0 Å². The number of nitrogens with zero attached hydrogens (tertiary/aromatic N) is 1. The molecule has 1 aromatic carbocycles. The van der Waals surface area contributed by atoms with E-state index in [4.69, 9.17) is 4.74 Å². The summed E-state index contributed by atoms with van der Waals surface area (Å²) in [6.45, 7) is 5.98. The van der Waals surface area contributed by atoms with Crippen LogP contribution in [0.15, 0.2) is 22.7 Å². The molecular formula is C18H26BrNO4S. The Bertz CT molecular complexity index is 740. The van der Waals surface area contributed by atoms with Crippen LogP contribution in [0, 0.1) is 0 Å². The molecule has 2 rings (SSSR count). The molecule has 1 aliphatic heterocycles. The molecule has 0 saturated carbocycles. The van der Waals surface area contributed by atoms with Crippen molar-refractivity contribution in [3.63, 3.8) is 0 Å². The molecule has 25 heavy (non-hydrogen) atoms. The number of hydrogen-bond acceptors (Lipinski definition) is 4. The maximum atomic E-state index is 12.5. The minimum Gasteiger partial charge on any atom is -0.496 e. The molecule has 1 aliphatic rings. The summed E-state index contributed by atoms with van der Waals surface area (Å²) in [6.07, 6.45) is 1.52. The van der Waals surface area contributed by atoms with Gasteiger partial charge < -0.3 is 9.64 Å². The molecule has 0 aliphatic carbocycles. The number of likely N-dealkylation sites (tertiary alicyclic amines) is 1. The quantitative estimate of drug-likeness (QED) is 0.717. The Morgan fingerprint density at radius 3 is 2.60 bits per heavy atom. The summed E-state index contributed by atoms with van der Waals surface area (Å²) in [6, 6.07) is 5.75. The van der Waals surface area contributed by atoms with Gasteiger partial charge in [-0.3, -0.25) is 4.79 Å². The third-order valence-corrected chi connectivity index (χ3v) is 8.22. The molecule has 1 aromatic rings. The monoisotopic (exact) mass is 431 g/mol. The van der Waals surface area contributed by atoms with Crippen molar-refractivity contribution in [2.24, 2.45) is 0 Å². The van der Waals surface area contributed by atoms with Crippen LogP contribution in [0.5, 0.6) is 5.75 Å². The fourth-order valence-electron chi connectivity index (χ4n) is 2.98. The second-order valence-corrected chi connectivity index (χ2v) is 11.2. The summed E-state index contributed by atoms with van der Waals surface area (Å²) in [5.41, 5.74) is 1.04. The van der Waals surface area contributed by atoms with Crippen LogP contribution in [-0.4, -0.2) is 49.4 Å². The van der Waals surface area contributed by atoms with Crippen molar-refractivity contribution < 1.29 is 17.9 Å². The van der Waals surface area contributed by atoms with Crippen LogP contribution >= 0.6 is 15.9 Å². The van der Waals surface area contributed by atoms with Gasteiger partial charge in [0.2, 0.25) is 5.91 Å².